The summed E-state index contributed by atoms with van der Waals surface area (Å²) in [5.41, 5.74) is 0.604. The highest BCUT2D eigenvalue weighted by molar-refractivity contribution is 6.28. The molecule has 0 atom stereocenters. The van der Waals surface area contributed by atoms with E-state index in [1.807, 2.05) is 18.7 Å². The summed E-state index contributed by atoms with van der Waals surface area (Å²) < 4.78 is 0. The van der Waals surface area contributed by atoms with E-state index in [2.05, 4.69) is 26.2 Å². The van der Waals surface area contributed by atoms with Gasteiger partial charge in [-0.05, 0) is 25.4 Å². The van der Waals surface area contributed by atoms with E-state index in [1.165, 1.54) is 0 Å². The molecule has 0 saturated carbocycles. The molecule has 2 aromatic heterocycles. The minimum absolute atomic E-state index is 0.171. The van der Waals surface area contributed by atoms with Gasteiger partial charge in [0.05, 0.1) is 24.1 Å². The number of H-pyrrole nitrogens is 1. The van der Waals surface area contributed by atoms with Crippen molar-refractivity contribution in [2.45, 2.75) is 26.3 Å². The van der Waals surface area contributed by atoms with E-state index >= 15 is 0 Å². The molecule has 0 amide bonds. The molecule has 0 aliphatic carbocycles. The van der Waals surface area contributed by atoms with Crippen LogP contribution in [0.1, 0.15) is 20.3 Å². The van der Waals surface area contributed by atoms with Gasteiger partial charge in [-0.25, -0.2) is 0 Å². The topological polar surface area (TPSA) is 81.5 Å². The molecule has 0 aliphatic heterocycles. The van der Waals surface area contributed by atoms with Crippen molar-refractivity contribution in [3.05, 3.63) is 11.5 Å². The van der Waals surface area contributed by atoms with Crippen molar-refractivity contribution in [3.63, 3.8) is 0 Å². The second kappa shape index (κ2) is 5.19. The molecule has 7 heteroatoms. The third-order valence-electron chi connectivity index (χ3n) is 2.62. The average molecular weight is 265 g/mol. The monoisotopic (exact) mass is 264 g/mol. The molecule has 2 rings (SSSR count). The van der Waals surface area contributed by atoms with Crippen molar-refractivity contribution in [3.8, 4) is 6.07 Å². The van der Waals surface area contributed by atoms with Crippen LogP contribution in [0.2, 0.25) is 5.28 Å². The van der Waals surface area contributed by atoms with Crippen molar-refractivity contribution < 1.29 is 0 Å². The summed E-state index contributed by atoms with van der Waals surface area (Å²) >= 11 is 5.90. The van der Waals surface area contributed by atoms with Gasteiger partial charge in [0.1, 0.15) is 5.82 Å². The Hall–Kier alpha value is -1.87. The number of nitriles is 1. The number of anilines is 1. The van der Waals surface area contributed by atoms with Crippen LogP contribution in [0, 0.1) is 11.3 Å². The second-order valence-electron chi connectivity index (χ2n) is 4.14. The lowest BCUT2D eigenvalue weighted by Crippen LogP contribution is -2.32. The Kier molecular flexibility index (Phi) is 3.63. The molecule has 94 valence electrons. The molecule has 2 aromatic rings. The van der Waals surface area contributed by atoms with E-state index < -0.39 is 0 Å². The molecule has 6 nitrogen and oxygen atoms in total. The molecular formula is C11H13ClN6. The van der Waals surface area contributed by atoms with Crippen LogP contribution < -0.4 is 4.90 Å². The molecule has 0 aromatic carbocycles. The third-order valence-corrected chi connectivity index (χ3v) is 2.79. The molecule has 0 spiro atoms. The van der Waals surface area contributed by atoms with Crippen molar-refractivity contribution in [1.82, 2.24) is 20.2 Å². The van der Waals surface area contributed by atoms with Crippen LogP contribution in [0.25, 0.3) is 11.0 Å². The predicted octanol–water partition coefficient (Wildman–Crippen LogP) is 2.13. The zero-order valence-electron chi connectivity index (χ0n) is 10.2. The Labute approximate surface area is 110 Å². The summed E-state index contributed by atoms with van der Waals surface area (Å²) in [6.07, 6.45) is 2.10. The van der Waals surface area contributed by atoms with Crippen molar-refractivity contribution in [2.24, 2.45) is 0 Å². The number of nitrogens with one attached hydrogen (secondary N) is 1. The van der Waals surface area contributed by atoms with Crippen molar-refractivity contribution in [2.75, 3.05) is 11.4 Å². The van der Waals surface area contributed by atoms with Gasteiger partial charge in [-0.2, -0.15) is 20.3 Å². The molecule has 18 heavy (non-hydrogen) atoms. The maximum Gasteiger partial charge on any atom is 0.226 e. The van der Waals surface area contributed by atoms with Gasteiger partial charge in [-0.1, -0.05) is 0 Å². The summed E-state index contributed by atoms with van der Waals surface area (Å²) in [6, 6.07) is 2.35. The highest BCUT2D eigenvalue weighted by Gasteiger charge is 2.17. The van der Waals surface area contributed by atoms with Crippen LogP contribution in [-0.4, -0.2) is 32.8 Å². The highest BCUT2D eigenvalue weighted by Crippen LogP contribution is 2.25. The Morgan fingerprint density at radius 3 is 2.94 bits per heavy atom. The van der Waals surface area contributed by atoms with E-state index in [1.54, 1.807) is 6.20 Å². The van der Waals surface area contributed by atoms with Crippen LogP contribution in [0.5, 0.6) is 0 Å². The number of nitrogens with zero attached hydrogens (tertiary/aromatic N) is 5. The molecule has 0 aliphatic rings. The maximum atomic E-state index is 8.72. The normalized spacial score (nSPS) is 10.8. The summed E-state index contributed by atoms with van der Waals surface area (Å²) in [4.78, 5) is 10.3. The van der Waals surface area contributed by atoms with E-state index in [9.17, 15) is 0 Å². The molecular weight excluding hydrogens is 252 g/mol. The van der Waals surface area contributed by atoms with E-state index in [0.29, 0.717) is 24.4 Å². The fourth-order valence-corrected chi connectivity index (χ4v) is 1.96. The largest absolute Gasteiger partial charge is 0.352 e. The summed E-state index contributed by atoms with van der Waals surface area (Å²) in [6.45, 7) is 4.68. The number of halogens is 1. The number of rotatable bonds is 4. The lowest BCUT2D eigenvalue weighted by molar-refractivity contribution is 0.679. The lowest BCUT2D eigenvalue weighted by atomic mass is 10.2. The summed E-state index contributed by atoms with van der Waals surface area (Å²) in [5.74, 6) is 0.712. The van der Waals surface area contributed by atoms with Gasteiger partial charge >= 0.3 is 0 Å². The van der Waals surface area contributed by atoms with Gasteiger partial charge in [0.15, 0.2) is 5.65 Å². The SMILES string of the molecule is CC(C)N(CCC#N)c1nc(Cl)nc2[nH]ncc12. The summed E-state index contributed by atoms with van der Waals surface area (Å²) in [7, 11) is 0. The number of aromatic nitrogens is 4. The van der Waals surface area contributed by atoms with E-state index in [4.69, 9.17) is 16.9 Å². The van der Waals surface area contributed by atoms with Gasteiger partial charge in [0.25, 0.3) is 0 Å². The minimum Gasteiger partial charge on any atom is -0.352 e. The molecule has 2 heterocycles. The predicted molar refractivity (Wildman–Crippen MR) is 69.4 cm³/mol. The molecule has 0 saturated heterocycles. The third kappa shape index (κ3) is 2.36. The number of fused-ring (bicyclic) bond motifs is 1. The fraction of sp³-hybridized carbons (Fsp3) is 0.455. The van der Waals surface area contributed by atoms with Crippen molar-refractivity contribution in [1.29, 1.82) is 5.26 Å². The van der Waals surface area contributed by atoms with Gasteiger partial charge in [0.2, 0.25) is 5.28 Å². The first-order chi connectivity index (χ1) is 8.63. The zero-order valence-corrected chi connectivity index (χ0v) is 10.9. The van der Waals surface area contributed by atoms with Crippen LogP contribution in [0.15, 0.2) is 6.20 Å². The van der Waals surface area contributed by atoms with Gasteiger partial charge in [-0.15, -0.1) is 0 Å². The Balaban J connectivity index is 2.49. The smallest absolute Gasteiger partial charge is 0.226 e. The Morgan fingerprint density at radius 1 is 1.50 bits per heavy atom. The van der Waals surface area contributed by atoms with Gasteiger partial charge in [-0.3, -0.25) is 5.10 Å². The van der Waals surface area contributed by atoms with Crippen LogP contribution in [0.3, 0.4) is 0 Å². The van der Waals surface area contributed by atoms with E-state index in [0.717, 1.165) is 5.39 Å². The lowest BCUT2D eigenvalue weighted by Gasteiger charge is -2.27. The van der Waals surface area contributed by atoms with Gasteiger partial charge in [0, 0.05) is 12.6 Å². The summed E-state index contributed by atoms with van der Waals surface area (Å²) in [5, 5.41) is 16.4. The Bertz CT molecular complexity index is 585. The molecule has 1 N–H and O–H groups in total. The van der Waals surface area contributed by atoms with Crippen LogP contribution in [-0.2, 0) is 0 Å². The maximum absolute atomic E-state index is 8.72. The van der Waals surface area contributed by atoms with Crippen LogP contribution in [0.4, 0.5) is 5.82 Å². The first-order valence-corrected chi connectivity index (χ1v) is 6.01. The van der Waals surface area contributed by atoms with Gasteiger partial charge < -0.3 is 4.90 Å². The standard InChI is InChI=1S/C11H13ClN6/c1-7(2)18(5-3-4-13)10-8-6-14-17-9(8)15-11(12)16-10/h6-7H,3,5H2,1-2H3,(H,14,15,16,17). The first-order valence-electron chi connectivity index (χ1n) is 5.63. The minimum atomic E-state index is 0.171. The number of hydrogen-bond acceptors (Lipinski definition) is 5. The first kappa shape index (κ1) is 12.6. The average Bonchev–Trinajstić information content (AvgIpc) is 2.76. The number of hydrogen-bond donors (Lipinski definition) is 1. The van der Waals surface area contributed by atoms with Crippen molar-refractivity contribution >= 4 is 28.5 Å². The zero-order chi connectivity index (χ0) is 13.1. The Morgan fingerprint density at radius 2 is 2.28 bits per heavy atom. The van der Waals surface area contributed by atoms with Crippen LogP contribution >= 0.6 is 11.6 Å². The fourth-order valence-electron chi connectivity index (χ4n) is 1.79. The second-order valence-corrected chi connectivity index (χ2v) is 4.48. The highest BCUT2D eigenvalue weighted by atomic mass is 35.5. The quantitative estimate of drug-likeness (QED) is 0.856. The molecule has 0 radical (unpaired) electrons. The molecule has 0 fully saturated rings. The molecule has 0 unspecified atom stereocenters. The number of aromatic amines is 1. The molecule has 0 bridgehead atoms. The van der Waals surface area contributed by atoms with E-state index in [-0.39, 0.29) is 11.3 Å².